The van der Waals surface area contributed by atoms with Crippen LogP contribution in [0.2, 0.25) is 0 Å². The molecule has 0 amide bonds. The zero-order chi connectivity index (χ0) is 15.6. The Labute approximate surface area is 144 Å². The van der Waals surface area contributed by atoms with Crippen molar-refractivity contribution in [2.24, 2.45) is 0 Å². The van der Waals surface area contributed by atoms with Gasteiger partial charge in [-0.2, -0.15) is 4.37 Å². The Morgan fingerprint density at radius 1 is 1.33 bits per heavy atom. The van der Waals surface area contributed by atoms with E-state index in [1.54, 1.807) is 13.8 Å². The molecule has 0 aliphatic carbocycles. The predicted molar refractivity (Wildman–Crippen MR) is 92.7 cm³/mol. The number of benzene rings is 1. The van der Waals surface area contributed by atoms with Crippen LogP contribution in [0.25, 0.3) is 0 Å². The molecule has 4 nitrogen and oxygen atoms in total. The van der Waals surface area contributed by atoms with Crippen LogP contribution in [0.5, 0.6) is 0 Å². The lowest BCUT2D eigenvalue weighted by atomic mass is 10.2. The first-order valence-corrected chi connectivity index (χ1v) is 8.66. The van der Waals surface area contributed by atoms with Crippen LogP contribution in [0.15, 0.2) is 21.1 Å². The minimum Gasteiger partial charge on any atom is -0.462 e. The van der Waals surface area contributed by atoms with Crippen molar-refractivity contribution >= 4 is 60.1 Å². The largest absolute Gasteiger partial charge is 0.462 e. The first-order valence-electron chi connectivity index (χ1n) is 6.30. The molecule has 0 unspecified atom stereocenters. The summed E-state index contributed by atoms with van der Waals surface area (Å²) in [5, 5.41) is 3.93. The van der Waals surface area contributed by atoms with Crippen molar-refractivity contribution in [3.63, 3.8) is 0 Å². The summed E-state index contributed by atoms with van der Waals surface area (Å²) < 4.78 is 11.2. The van der Waals surface area contributed by atoms with Gasteiger partial charge in [0.15, 0.2) is 0 Å². The molecule has 0 atom stereocenters. The van der Waals surface area contributed by atoms with E-state index in [9.17, 15) is 4.79 Å². The lowest BCUT2D eigenvalue weighted by molar-refractivity contribution is 0.0527. The van der Waals surface area contributed by atoms with E-state index in [0.717, 1.165) is 20.2 Å². The molecular formula is C14H14Br2N2O2S. The number of rotatable bonds is 4. The molecule has 2 aromatic rings. The van der Waals surface area contributed by atoms with Crippen LogP contribution in [-0.2, 0) is 4.74 Å². The second-order valence-corrected chi connectivity index (χ2v) is 6.90. The van der Waals surface area contributed by atoms with Gasteiger partial charge in [-0.05, 0) is 81.9 Å². The second kappa shape index (κ2) is 6.89. The van der Waals surface area contributed by atoms with Crippen molar-refractivity contribution in [2.45, 2.75) is 20.8 Å². The molecule has 0 saturated carbocycles. The van der Waals surface area contributed by atoms with E-state index in [1.807, 2.05) is 19.1 Å². The van der Waals surface area contributed by atoms with Crippen molar-refractivity contribution in [1.29, 1.82) is 0 Å². The number of hydrogen-bond acceptors (Lipinski definition) is 5. The van der Waals surface area contributed by atoms with Crippen LogP contribution >= 0.6 is 43.4 Å². The lowest BCUT2D eigenvalue weighted by Crippen LogP contribution is -2.07. The molecule has 0 aliphatic heterocycles. The van der Waals surface area contributed by atoms with Gasteiger partial charge in [-0.3, -0.25) is 0 Å². The molecular weight excluding hydrogens is 420 g/mol. The highest BCUT2D eigenvalue weighted by atomic mass is 79.9. The summed E-state index contributed by atoms with van der Waals surface area (Å²) in [6.07, 6.45) is 0. The van der Waals surface area contributed by atoms with E-state index >= 15 is 0 Å². The molecule has 1 heterocycles. The average Bonchev–Trinajstić information content (AvgIpc) is 2.75. The quantitative estimate of drug-likeness (QED) is 0.672. The Morgan fingerprint density at radius 3 is 2.52 bits per heavy atom. The van der Waals surface area contributed by atoms with Crippen LogP contribution in [0, 0.1) is 13.8 Å². The zero-order valence-electron chi connectivity index (χ0n) is 11.8. The van der Waals surface area contributed by atoms with Crippen LogP contribution in [0.3, 0.4) is 0 Å². The third-order valence-corrected chi connectivity index (χ3v) is 4.87. The molecule has 1 aromatic heterocycles. The number of nitrogens with zero attached hydrogens (tertiary/aromatic N) is 1. The van der Waals surface area contributed by atoms with Gasteiger partial charge in [0.25, 0.3) is 0 Å². The fourth-order valence-corrected chi connectivity index (χ4v) is 4.23. The van der Waals surface area contributed by atoms with Crippen LogP contribution in [-0.4, -0.2) is 16.9 Å². The van der Waals surface area contributed by atoms with E-state index in [2.05, 4.69) is 41.6 Å². The second-order valence-electron chi connectivity index (χ2n) is 4.42. The van der Waals surface area contributed by atoms with Crippen LogP contribution < -0.4 is 5.32 Å². The maximum Gasteiger partial charge on any atom is 0.343 e. The molecule has 1 N–H and O–H groups in total. The number of aromatic nitrogens is 1. The van der Waals surface area contributed by atoms with Crippen molar-refractivity contribution in [1.82, 2.24) is 4.37 Å². The highest BCUT2D eigenvalue weighted by Crippen LogP contribution is 2.37. The number of ether oxygens (including phenoxy) is 1. The van der Waals surface area contributed by atoms with Gasteiger partial charge in [0.1, 0.15) is 10.6 Å². The number of anilines is 2. The van der Waals surface area contributed by atoms with Gasteiger partial charge in [0.2, 0.25) is 0 Å². The number of carbonyl (C=O) groups is 1. The number of esters is 1. The molecule has 0 aliphatic rings. The van der Waals surface area contributed by atoms with Gasteiger partial charge in [0.05, 0.1) is 18.0 Å². The molecule has 2 rings (SSSR count). The van der Waals surface area contributed by atoms with Crippen molar-refractivity contribution < 1.29 is 9.53 Å². The first-order chi connectivity index (χ1) is 9.93. The zero-order valence-corrected chi connectivity index (χ0v) is 15.8. The topological polar surface area (TPSA) is 51.2 Å². The van der Waals surface area contributed by atoms with Gasteiger partial charge < -0.3 is 10.1 Å². The molecule has 0 spiro atoms. The summed E-state index contributed by atoms with van der Waals surface area (Å²) in [4.78, 5) is 12.0. The van der Waals surface area contributed by atoms with Gasteiger partial charge in [0, 0.05) is 8.95 Å². The van der Waals surface area contributed by atoms with E-state index in [1.165, 1.54) is 11.5 Å². The normalized spacial score (nSPS) is 10.5. The Balaban J connectivity index is 2.39. The third-order valence-electron chi connectivity index (χ3n) is 2.77. The highest BCUT2D eigenvalue weighted by Gasteiger charge is 2.21. The minimum absolute atomic E-state index is 0.339. The Kier molecular flexibility index (Phi) is 5.40. The lowest BCUT2D eigenvalue weighted by Gasteiger charge is -2.11. The van der Waals surface area contributed by atoms with Crippen molar-refractivity contribution in [2.75, 3.05) is 11.9 Å². The molecule has 112 valence electrons. The summed E-state index contributed by atoms with van der Waals surface area (Å²) in [7, 11) is 0. The van der Waals surface area contributed by atoms with Gasteiger partial charge >= 0.3 is 5.97 Å². The summed E-state index contributed by atoms with van der Waals surface area (Å²) in [5.74, 6) is -0.356. The number of nitrogens with one attached hydrogen (secondary N) is 1. The highest BCUT2D eigenvalue weighted by molar-refractivity contribution is 9.11. The maximum atomic E-state index is 12.0. The van der Waals surface area contributed by atoms with Gasteiger partial charge in [-0.1, -0.05) is 0 Å². The fraction of sp³-hybridized carbons (Fsp3) is 0.286. The predicted octanol–water partition coefficient (Wildman–Crippen LogP) is 5.21. The molecule has 0 radical (unpaired) electrons. The maximum absolute atomic E-state index is 12.0. The summed E-state index contributed by atoms with van der Waals surface area (Å²) in [6, 6.07) is 4.01. The van der Waals surface area contributed by atoms with Crippen LogP contribution in [0.1, 0.15) is 28.5 Å². The number of hydrogen-bond donors (Lipinski definition) is 1. The molecule has 0 fully saturated rings. The molecule has 0 saturated heterocycles. The number of aryl methyl sites for hydroxylation is 2. The average molecular weight is 434 g/mol. The summed E-state index contributed by atoms with van der Waals surface area (Å²) in [6.45, 7) is 5.94. The summed E-state index contributed by atoms with van der Waals surface area (Å²) >= 11 is 8.30. The van der Waals surface area contributed by atoms with Crippen molar-refractivity contribution in [3.8, 4) is 0 Å². The van der Waals surface area contributed by atoms with Crippen LogP contribution in [0.4, 0.5) is 10.7 Å². The third kappa shape index (κ3) is 3.64. The summed E-state index contributed by atoms with van der Waals surface area (Å²) in [5.41, 5.74) is 3.14. The first kappa shape index (κ1) is 16.5. The van der Waals surface area contributed by atoms with E-state index in [4.69, 9.17) is 4.74 Å². The monoisotopic (exact) mass is 432 g/mol. The smallest absolute Gasteiger partial charge is 0.343 e. The minimum atomic E-state index is -0.356. The van der Waals surface area contributed by atoms with E-state index in [0.29, 0.717) is 22.9 Å². The van der Waals surface area contributed by atoms with E-state index in [-0.39, 0.29) is 5.97 Å². The molecule has 0 bridgehead atoms. The Bertz CT molecular complexity index is 663. The Hall–Kier alpha value is -0.920. The molecule has 21 heavy (non-hydrogen) atoms. The molecule has 7 heteroatoms. The Morgan fingerprint density at radius 2 is 1.95 bits per heavy atom. The van der Waals surface area contributed by atoms with E-state index < -0.39 is 0 Å². The van der Waals surface area contributed by atoms with Gasteiger partial charge in [-0.15, -0.1) is 0 Å². The number of halogens is 2. The standard InChI is InChI=1S/C14H14Br2N2O2S/c1-4-20-14(19)11-8(3)18-21-13(11)17-12-9(15)5-7(2)6-10(12)16/h5-6,17H,4H2,1-3H3. The van der Waals surface area contributed by atoms with Gasteiger partial charge in [-0.25, -0.2) is 4.79 Å². The SMILES string of the molecule is CCOC(=O)c1c(C)nsc1Nc1c(Br)cc(C)cc1Br. The van der Waals surface area contributed by atoms with Crippen molar-refractivity contribution in [3.05, 3.63) is 37.9 Å². The molecule has 1 aromatic carbocycles. The fourth-order valence-electron chi connectivity index (χ4n) is 1.83. The number of carbonyl (C=O) groups excluding carboxylic acids is 1.